The third kappa shape index (κ3) is 27.1. The molecule has 0 aliphatic rings. The van der Waals surface area contributed by atoms with Crippen molar-refractivity contribution in [2.24, 2.45) is 0 Å². The Hall–Kier alpha value is -0.830. The highest BCUT2D eigenvalue weighted by molar-refractivity contribution is 5.86. The Kier molecular flexibility index (Phi) is 10.7. The van der Waals surface area contributed by atoms with E-state index in [0.717, 1.165) is 0 Å². The van der Waals surface area contributed by atoms with E-state index in [1.165, 1.54) is 11.0 Å². The Balaban J connectivity index is 0. The molecule has 0 aromatic carbocycles. The van der Waals surface area contributed by atoms with Crippen molar-refractivity contribution in [1.82, 2.24) is 5.32 Å². The largest absolute Gasteiger partial charge is 0.353 e. The van der Waals surface area contributed by atoms with Gasteiger partial charge in [0.1, 0.15) is 0 Å². The number of quaternary nitrogens is 1. The first-order valence-electron chi connectivity index (χ1n) is 3.71. The summed E-state index contributed by atoms with van der Waals surface area (Å²) in [7, 11) is 6.25. The van der Waals surface area contributed by atoms with E-state index in [-0.39, 0.29) is 5.91 Å². The minimum Gasteiger partial charge on any atom is -0.353 e. The first-order valence-corrected chi connectivity index (χ1v) is 3.71. The standard InChI is InChI=1S/C5H9NO.C3H9N/c1-3-5(7)6-4-2;1-4(2)3/h3H,1,4H2,2H3,(H,6,7);1-3H3/p+1. The summed E-state index contributed by atoms with van der Waals surface area (Å²) >= 11 is 0. The Morgan fingerprint density at radius 3 is 2.00 bits per heavy atom. The fourth-order valence-electron chi connectivity index (χ4n) is 0.246. The molecule has 11 heavy (non-hydrogen) atoms. The van der Waals surface area contributed by atoms with Crippen molar-refractivity contribution in [2.45, 2.75) is 6.92 Å². The molecule has 0 radical (unpaired) electrons. The average Bonchev–Trinajstić information content (AvgIpc) is 1.87. The van der Waals surface area contributed by atoms with E-state index in [2.05, 4.69) is 33.0 Å². The van der Waals surface area contributed by atoms with E-state index < -0.39 is 0 Å². The zero-order valence-electron chi connectivity index (χ0n) is 7.90. The predicted octanol–water partition coefficient (Wildman–Crippen LogP) is -0.931. The number of hydrogen-bond donors (Lipinski definition) is 2. The second kappa shape index (κ2) is 9.17. The Morgan fingerprint density at radius 1 is 1.55 bits per heavy atom. The lowest BCUT2D eigenvalue weighted by Gasteiger charge is -1.90. The maximum atomic E-state index is 10.2. The number of hydrogen-bond acceptors (Lipinski definition) is 1. The summed E-state index contributed by atoms with van der Waals surface area (Å²) in [6, 6.07) is 0. The molecule has 0 bridgehead atoms. The summed E-state index contributed by atoms with van der Waals surface area (Å²) in [5.74, 6) is -0.109. The lowest BCUT2D eigenvalue weighted by molar-refractivity contribution is -0.836. The number of carbonyl (C=O) groups excluding carboxylic acids is 1. The van der Waals surface area contributed by atoms with Crippen LogP contribution in [-0.2, 0) is 4.79 Å². The third-order valence-corrected chi connectivity index (χ3v) is 0.536. The van der Waals surface area contributed by atoms with E-state index in [0.29, 0.717) is 6.54 Å². The van der Waals surface area contributed by atoms with Gasteiger partial charge in [0.2, 0.25) is 5.91 Å². The highest BCUT2D eigenvalue weighted by atomic mass is 16.1. The summed E-state index contributed by atoms with van der Waals surface area (Å²) in [5, 5.41) is 2.54. The molecule has 0 aliphatic carbocycles. The molecule has 0 fully saturated rings. The summed E-state index contributed by atoms with van der Waals surface area (Å²) in [6.07, 6.45) is 1.25. The van der Waals surface area contributed by atoms with Gasteiger partial charge in [0, 0.05) is 6.54 Å². The number of likely N-dealkylation sites (N-methyl/N-ethyl adjacent to an activating group) is 1. The van der Waals surface area contributed by atoms with Gasteiger partial charge in [-0.05, 0) is 13.0 Å². The highest BCUT2D eigenvalue weighted by Gasteiger charge is 1.83. The lowest BCUT2D eigenvalue weighted by Crippen LogP contribution is -3.02. The van der Waals surface area contributed by atoms with E-state index >= 15 is 0 Å². The lowest BCUT2D eigenvalue weighted by atomic mass is 10.6. The van der Waals surface area contributed by atoms with Gasteiger partial charge in [0.05, 0.1) is 21.1 Å². The number of carbonyl (C=O) groups is 1. The van der Waals surface area contributed by atoms with Crippen LogP contribution < -0.4 is 10.2 Å². The second-order valence-corrected chi connectivity index (χ2v) is 2.60. The first kappa shape index (κ1) is 12.8. The van der Waals surface area contributed by atoms with E-state index in [1.54, 1.807) is 0 Å². The molecular weight excluding hydrogens is 140 g/mol. The van der Waals surface area contributed by atoms with Crippen LogP contribution in [0.15, 0.2) is 12.7 Å². The van der Waals surface area contributed by atoms with Gasteiger partial charge in [0.15, 0.2) is 0 Å². The van der Waals surface area contributed by atoms with Crippen molar-refractivity contribution in [3.63, 3.8) is 0 Å². The quantitative estimate of drug-likeness (QED) is 0.501. The van der Waals surface area contributed by atoms with Gasteiger partial charge in [-0.2, -0.15) is 0 Å². The topological polar surface area (TPSA) is 33.5 Å². The Bertz CT molecular complexity index is 108. The van der Waals surface area contributed by atoms with Crippen LogP contribution in [0.2, 0.25) is 0 Å². The van der Waals surface area contributed by atoms with Gasteiger partial charge in [-0.3, -0.25) is 4.79 Å². The summed E-state index contributed by atoms with van der Waals surface area (Å²) in [4.78, 5) is 11.6. The van der Waals surface area contributed by atoms with E-state index in [4.69, 9.17) is 0 Å². The minimum atomic E-state index is -0.109. The zero-order valence-corrected chi connectivity index (χ0v) is 7.90. The van der Waals surface area contributed by atoms with Crippen molar-refractivity contribution < 1.29 is 9.69 Å². The molecule has 66 valence electrons. The molecule has 0 aliphatic heterocycles. The zero-order chi connectivity index (χ0) is 9.28. The Labute approximate surface area is 69.1 Å². The highest BCUT2D eigenvalue weighted by Crippen LogP contribution is 1.61. The van der Waals surface area contributed by atoms with Crippen LogP contribution in [0.1, 0.15) is 6.92 Å². The van der Waals surface area contributed by atoms with E-state index in [1.807, 2.05) is 6.92 Å². The monoisotopic (exact) mass is 159 g/mol. The summed E-state index contributed by atoms with van der Waals surface area (Å²) in [6.45, 7) is 5.80. The molecule has 0 spiro atoms. The van der Waals surface area contributed by atoms with Gasteiger partial charge in [-0.15, -0.1) is 0 Å². The molecule has 0 rings (SSSR count). The van der Waals surface area contributed by atoms with Crippen LogP contribution in [0.3, 0.4) is 0 Å². The van der Waals surface area contributed by atoms with Gasteiger partial charge >= 0.3 is 0 Å². The van der Waals surface area contributed by atoms with Crippen LogP contribution in [0.4, 0.5) is 0 Å². The molecule has 0 aromatic heterocycles. The van der Waals surface area contributed by atoms with Crippen LogP contribution in [-0.4, -0.2) is 33.6 Å². The molecule has 3 heteroatoms. The number of rotatable bonds is 2. The Morgan fingerprint density at radius 2 is 1.91 bits per heavy atom. The molecule has 3 nitrogen and oxygen atoms in total. The summed E-state index contributed by atoms with van der Waals surface area (Å²) < 4.78 is 0. The molecule has 0 saturated heterocycles. The SMILES string of the molecule is C=CC(=O)NCC.C[NH+](C)C. The third-order valence-electron chi connectivity index (χ3n) is 0.536. The fourth-order valence-corrected chi connectivity index (χ4v) is 0.246. The van der Waals surface area contributed by atoms with Gasteiger partial charge in [0.25, 0.3) is 0 Å². The molecule has 0 unspecified atom stereocenters. The maximum absolute atomic E-state index is 10.2. The molecular formula is C8H19N2O+. The molecule has 1 amide bonds. The van der Waals surface area contributed by atoms with Crippen LogP contribution in [0, 0.1) is 0 Å². The number of amides is 1. The normalized spacial score (nSPS) is 8.09. The van der Waals surface area contributed by atoms with Crippen molar-refractivity contribution >= 4 is 5.91 Å². The van der Waals surface area contributed by atoms with Gasteiger partial charge in [-0.25, -0.2) is 0 Å². The van der Waals surface area contributed by atoms with Gasteiger partial charge < -0.3 is 10.2 Å². The minimum absolute atomic E-state index is 0.109. The van der Waals surface area contributed by atoms with Crippen molar-refractivity contribution in [2.75, 3.05) is 27.7 Å². The van der Waals surface area contributed by atoms with Gasteiger partial charge in [-0.1, -0.05) is 6.58 Å². The smallest absolute Gasteiger partial charge is 0.243 e. The average molecular weight is 159 g/mol. The number of nitrogens with one attached hydrogen (secondary N) is 2. The predicted molar refractivity (Wildman–Crippen MR) is 47.6 cm³/mol. The maximum Gasteiger partial charge on any atom is 0.243 e. The molecule has 2 N–H and O–H groups in total. The molecule has 0 heterocycles. The van der Waals surface area contributed by atoms with Crippen molar-refractivity contribution in [3.05, 3.63) is 12.7 Å². The summed E-state index contributed by atoms with van der Waals surface area (Å²) in [5.41, 5.74) is 0. The fraction of sp³-hybridized carbons (Fsp3) is 0.625. The molecule has 0 aromatic rings. The van der Waals surface area contributed by atoms with Crippen molar-refractivity contribution in [3.8, 4) is 0 Å². The van der Waals surface area contributed by atoms with Crippen LogP contribution in [0.5, 0.6) is 0 Å². The second-order valence-electron chi connectivity index (χ2n) is 2.60. The first-order chi connectivity index (χ1) is 5.04. The van der Waals surface area contributed by atoms with Crippen molar-refractivity contribution in [1.29, 1.82) is 0 Å². The van der Waals surface area contributed by atoms with Crippen LogP contribution in [0.25, 0.3) is 0 Å². The van der Waals surface area contributed by atoms with Crippen LogP contribution >= 0.6 is 0 Å². The molecule has 0 saturated carbocycles. The molecule has 0 atom stereocenters. The van der Waals surface area contributed by atoms with E-state index in [9.17, 15) is 4.79 Å².